The molecule has 0 amide bonds. The second-order valence-corrected chi connectivity index (χ2v) is 5.32. The Hall–Kier alpha value is -1.28. The fourth-order valence-electron chi connectivity index (χ4n) is 2.26. The Morgan fingerprint density at radius 1 is 1.22 bits per heavy atom. The molecule has 0 fully saturated rings. The van der Waals surface area contributed by atoms with E-state index in [4.69, 9.17) is 4.42 Å². The van der Waals surface area contributed by atoms with Crippen LogP contribution in [0.15, 0.2) is 34.7 Å². The van der Waals surface area contributed by atoms with Crippen LogP contribution in [-0.4, -0.2) is 6.54 Å². The largest absolute Gasteiger partial charge is 0.459 e. The molecule has 98 valence electrons. The first-order valence-corrected chi connectivity index (χ1v) is 6.92. The van der Waals surface area contributed by atoms with Gasteiger partial charge in [0.2, 0.25) is 0 Å². The number of hydrogen-bond donors (Lipinski definition) is 1. The molecule has 0 bridgehead atoms. The van der Waals surface area contributed by atoms with E-state index in [2.05, 4.69) is 44.3 Å². The van der Waals surface area contributed by atoms with Crippen molar-refractivity contribution in [2.45, 2.75) is 39.7 Å². The van der Waals surface area contributed by atoms with Gasteiger partial charge in [0.1, 0.15) is 11.3 Å². The number of nitrogens with one attached hydrogen (secondary N) is 1. The SMILES string of the molecule is CCCNC(CC(C)C)c1cc2ccccc2o1. The highest BCUT2D eigenvalue weighted by molar-refractivity contribution is 5.77. The van der Waals surface area contributed by atoms with Gasteiger partial charge in [0, 0.05) is 5.39 Å². The summed E-state index contributed by atoms with van der Waals surface area (Å²) in [7, 11) is 0. The van der Waals surface area contributed by atoms with Crippen LogP contribution >= 0.6 is 0 Å². The van der Waals surface area contributed by atoms with E-state index in [1.165, 1.54) is 5.39 Å². The topological polar surface area (TPSA) is 25.2 Å². The molecule has 2 nitrogen and oxygen atoms in total. The zero-order valence-electron chi connectivity index (χ0n) is 11.6. The Morgan fingerprint density at radius 2 is 2.00 bits per heavy atom. The molecule has 2 heteroatoms. The van der Waals surface area contributed by atoms with Gasteiger partial charge in [-0.2, -0.15) is 0 Å². The predicted molar refractivity (Wildman–Crippen MR) is 76.7 cm³/mol. The first kappa shape index (κ1) is 13.2. The summed E-state index contributed by atoms with van der Waals surface area (Å²) in [5, 5.41) is 4.78. The molecule has 0 spiro atoms. The Morgan fingerprint density at radius 3 is 2.67 bits per heavy atom. The molecule has 1 atom stereocenters. The van der Waals surface area contributed by atoms with E-state index in [0.717, 1.165) is 30.7 Å². The van der Waals surface area contributed by atoms with Gasteiger partial charge in [-0.3, -0.25) is 0 Å². The summed E-state index contributed by atoms with van der Waals surface area (Å²) in [5.74, 6) is 1.73. The molecule has 1 aromatic heterocycles. The monoisotopic (exact) mass is 245 g/mol. The van der Waals surface area contributed by atoms with E-state index in [-0.39, 0.29) is 0 Å². The highest BCUT2D eigenvalue weighted by Crippen LogP contribution is 2.27. The van der Waals surface area contributed by atoms with Crippen molar-refractivity contribution in [3.05, 3.63) is 36.1 Å². The Bertz CT molecular complexity index is 454. The molecule has 0 aliphatic carbocycles. The standard InChI is InChI=1S/C16H23NO/c1-4-9-17-14(10-12(2)3)16-11-13-7-5-6-8-15(13)18-16/h5-8,11-12,14,17H,4,9-10H2,1-3H3. The van der Waals surface area contributed by atoms with E-state index < -0.39 is 0 Å². The predicted octanol–water partition coefficient (Wildman–Crippen LogP) is 4.52. The number of fused-ring (bicyclic) bond motifs is 1. The van der Waals surface area contributed by atoms with Crippen LogP contribution in [0.5, 0.6) is 0 Å². The Labute approximate surface area is 109 Å². The lowest BCUT2D eigenvalue weighted by atomic mass is 10.0. The van der Waals surface area contributed by atoms with Gasteiger partial charge < -0.3 is 9.73 Å². The lowest BCUT2D eigenvalue weighted by Gasteiger charge is -2.18. The zero-order valence-corrected chi connectivity index (χ0v) is 11.6. The summed E-state index contributed by atoms with van der Waals surface area (Å²) >= 11 is 0. The molecule has 18 heavy (non-hydrogen) atoms. The van der Waals surface area contributed by atoms with Crippen LogP contribution in [0.2, 0.25) is 0 Å². The lowest BCUT2D eigenvalue weighted by Crippen LogP contribution is -2.23. The van der Waals surface area contributed by atoms with Crippen molar-refractivity contribution >= 4 is 11.0 Å². The highest BCUT2D eigenvalue weighted by Gasteiger charge is 2.16. The maximum absolute atomic E-state index is 5.97. The molecule has 0 radical (unpaired) electrons. The van der Waals surface area contributed by atoms with Gasteiger partial charge in [0.05, 0.1) is 6.04 Å². The summed E-state index contributed by atoms with van der Waals surface area (Å²) in [4.78, 5) is 0. The fourth-order valence-corrected chi connectivity index (χ4v) is 2.26. The van der Waals surface area contributed by atoms with Crippen molar-refractivity contribution in [3.63, 3.8) is 0 Å². The summed E-state index contributed by atoms with van der Waals surface area (Å²) < 4.78 is 5.97. The first-order valence-electron chi connectivity index (χ1n) is 6.92. The minimum absolute atomic E-state index is 0.331. The lowest BCUT2D eigenvalue weighted by molar-refractivity contribution is 0.371. The zero-order chi connectivity index (χ0) is 13.0. The molecule has 1 unspecified atom stereocenters. The minimum Gasteiger partial charge on any atom is -0.459 e. The van der Waals surface area contributed by atoms with Gasteiger partial charge in [-0.1, -0.05) is 39.0 Å². The maximum atomic E-state index is 5.97. The third kappa shape index (κ3) is 3.14. The molecule has 1 aromatic carbocycles. The van der Waals surface area contributed by atoms with Gasteiger partial charge in [-0.05, 0) is 37.4 Å². The quantitative estimate of drug-likeness (QED) is 0.809. The molecular weight excluding hydrogens is 222 g/mol. The van der Waals surface area contributed by atoms with Crippen molar-refractivity contribution in [2.75, 3.05) is 6.54 Å². The molecule has 0 saturated heterocycles. The van der Waals surface area contributed by atoms with Gasteiger partial charge >= 0.3 is 0 Å². The van der Waals surface area contributed by atoms with Gasteiger partial charge in [-0.15, -0.1) is 0 Å². The number of hydrogen-bond acceptors (Lipinski definition) is 2. The van der Waals surface area contributed by atoms with Crippen LogP contribution in [0, 0.1) is 5.92 Å². The van der Waals surface area contributed by atoms with Crippen LogP contribution in [-0.2, 0) is 0 Å². The van der Waals surface area contributed by atoms with Gasteiger partial charge in [0.25, 0.3) is 0 Å². The molecule has 1 N–H and O–H groups in total. The molecular formula is C16H23NO. The first-order chi connectivity index (χ1) is 8.70. The fraction of sp³-hybridized carbons (Fsp3) is 0.500. The van der Waals surface area contributed by atoms with Crippen molar-refractivity contribution in [1.82, 2.24) is 5.32 Å². The summed E-state index contributed by atoms with van der Waals surface area (Å²) in [6.07, 6.45) is 2.26. The van der Waals surface area contributed by atoms with Crippen molar-refractivity contribution in [3.8, 4) is 0 Å². The smallest absolute Gasteiger partial charge is 0.134 e. The summed E-state index contributed by atoms with van der Waals surface area (Å²) in [6.45, 7) is 7.74. The number of rotatable bonds is 6. The molecule has 2 aromatic rings. The molecule has 1 heterocycles. The van der Waals surface area contributed by atoms with Crippen LogP contribution < -0.4 is 5.32 Å². The van der Waals surface area contributed by atoms with E-state index in [1.54, 1.807) is 0 Å². The number of para-hydroxylation sites is 1. The summed E-state index contributed by atoms with van der Waals surface area (Å²) in [5.41, 5.74) is 0.986. The van der Waals surface area contributed by atoms with E-state index in [1.807, 2.05) is 12.1 Å². The van der Waals surface area contributed by atoms with Gasteiger partial charge in [0.15, 0.2) is 0 Å². The van der Waals surface area contributed by atoms with Crippen LogP contribution in [0.4, 0.5) is 0 Å². The van der Waals surface area contributed by atoms with Crippen LogP contribution in [0.3, 0.4) is 0 Å². The normalized spacial score (nSPS) is 13.3. The number of benzene rings is 1. The van der Waals surface area contributed by atoms with E-state index in [9.17, 15) is 0 Å². The third-order valence-electron chi connectivity index (χ3n) is 3.14. The molecule has 0 aliphatic rings. The van der Waals surface area contributed by atoms with E-state index in [0.29, 0.717) is 12.0 Å². The average Bonchev–Trinajstić information content (AvgIpc) is 2.77. The molecule has 0 saturated carbocycles. The second kappa shape index (κ2) is 6.05. The van der Waals surface area contributed by atoms with Crippen molar-refractivity contribution < 1.29 is 4.42 Å². The minimum atomic E-state index is 0.331. The van der Waals surface area contributed by atoms with Gasteiger partial charge in [-0.25, -0.2) is 0 Å². The Balaban J connectivity index is 2.22. The molecule has 2 rings (SSSR count). The Kier molecular flexibility index (Phi) is 4.43. The highest BCUT2D eigenvalue weighted by atomic mass is 16.3. The van der Waals surface area contributed by atoms with E-state index >= 15 is 0 Å². The van der Waals surface area contributed by atoms with Crippen molar-refractivity contribution in [1.29, 1.82) is 0 Å². The third-order valence-corrected chi connectivity index (χ3v) is 3.14. The average molecular weight is 245 g/mol. The molecule has 0 aliphatic heterocycles. The van der Waals surface area contributed by atoms with Crippen molar-refractivity contribution in [2.24, 2.45) is 5.92 Å². The maximum Gasteiger partial charge on any atom is 0.134 e. The summed E-state index contributed by atoms with van der Waals surface area (Å²) in [6, 6.07) is 10.7. The second-order valence-electron chi connectivity index (χ2n) is 5.32. The van der Waals surface area contributed by atoms with Crippen LogP contribution in [0.25, 0.3) is 11.0 Å². The number of furan rings is 1. The van der Waals surface area contributed by atoms with Crippen LogP contribution in [0.1, 0.15) is 45.4 Å².